The lowest BCUT2D eigenvalue weighted by atomic mass is 10.2. The van der Waals surface area contributed by atoms with Crippen LogP contribution in [-0.2, 0) is 4.79 Å². The third-order valence-electron chi connectivity index (χ3n) is 3.54. The zero-order valence-corrected chi connectivity index (χ0v) is 15.3. The molecule has 26 heavy (non-hydrogen) atoms. The number of nitrogens with zero attached hydrogens (tertiary/aromatic N) is 1. The van der Waals surface area contributed by atoms with Crippen molar-refractivity contribution in [1.82, 2.24) is 10.4 Å². The predicted molar refractivity (Wildman–Crippen MR) is 104 cm³/mol. The zero-order chi connectivity index (χ0) is 18.7. The van der Waals surface area contributed by atoms with Crippen LogP contribution in [-0.4, -0.2) is 33.4 Å². The van der Waals surface area contributed by atoms with Crippen molar-refractivity contribution in [1.29, 1.82) is 0 Å². The van der Waals surface area contributed by atoms with Crippen LogP contribution in [0, 0.1) is 0 Å². The number of aromatic hydroxyl groups is 1. The number of methoxy groups -OCH3 is 1. The first-order chi connectivity index (χ1) is 12.5. The highest BCUT2D eigenvalue weighted by Crippen LogP contribution is 2.33. The Kier molecular flexibility index (Phi) is 5.24. The quantitative estimate of drug-likeness (QED) is 0.621. The summed E-state index contributed by atoms with van der Waals surface area (Å²) in [6, 6.07) is 13.1. The van der Waals surface area contributed by atoms with Crippen molar-refractivity contribution >= 4 is 46.2 Å². The number of phenolic OH excluding ortho intramolecular Hbond substituents is 1. The maximum Gasteiger partial charge on any atom is 0.285 e. The smallest absolute Gasteiger partial charge is 0.285 e. The van der Waals surface area contributed by atoms with Gasteiger partial charge < -0.3 is 9.84 Å². The molecule has 1 aliphatic rings. The van der Waals surface area contributed by atoms with Gasteiger partial charge in [0, 0.05) is 11.1 Å². The highest BCUT2D eigenvalue weighted by Gasteiger charge is 2.34. The molecule has 0 radical (unpaired) electrons. The summed E-state index contributed by atoms with van der Waals surface area (Å²) in [5.74, 6) is -0.393. The van der Waals surface area contributed by atoms with Crippen LogP contribution in [0.15, 0.2) is 53.4 Å². The van der Waals surface area contributed by atoms with E-state index >= 15 is 0 Å². The van der Waals surface area contributed by atoms with Crippen LogP contribution in [0.4, 0.5) is 0 Å². The van der Waals surface area contributed by atoms with E-state index in [0.29, 0.717) is 10.7 Å². The Morgan fingerprint density at radius 3 is 2.77 bits per heavy atom. The number of thiocarbonyl (C=S) groups is 1. The van der Waals surface area contributed by atoms with E-state index in [1.54, 1.807) is 19.3 Å². The number of carbonyl (C=O) groups excluding carboxylic acids is 2. The minimum atomic E-state index is -0.546. The predicted octanol–water partition coefficient (Wildman–Crippen LogP) is 2.95. The highest BCUT2D eigenvalue weighted by molar-refractivity contribution is 8.26. The number of para-hydroxylation sites is 1. The molecule has 2 N–H and O–H groups in total. The fourth-order valence-corrected chi connectivity index (χ4v) is 3.47. The summed E-state index contributed by atoms with van der Waals surface area (Å²) in [5.41, 5.74) is 3.41. The molecule has 3 rings (SSSR count). The first kappa shape index (κ1) is 18.0. The largest absolute Gasteiger partial charge is 0.508 e. The van der Waals surface area contributed by atoms with E-state index in [2.05, 4.69) is 5.43 Å². The molecule has 0 atom stereocenters. The number of carbonyl (C=O) groups is 2. The number of nitrogens with one attached hydrogen (secondary N) is 1. The van der Waals surface area contributed by atoms with Crippen LogP contribution in [0.2, 0.25) is 0 Å². The molecule has 0 aromatic heterocycles. The van der Waals surface area contributed by atoms with Crippen molar-refractivity contribution in [3.63, 3.8) is 0 Å². The van der Waals surface area contributed by atoms with E-state index in [1.807, 2.05) is 18.2 Å². The third kappa shape index (κ3) is 3.71. The van der Waals surface area contributed by atoms with Gasteiger partial charge in [-0.2, -0.15) is 5.01 Å². The fourth-order valence-electron chi connectivity index (χ4n) is 2.30. The first-order valence-electron chi connectivity index (χ1n) is 7.50. The molecule has 2 amide bonds. The number of hydrogen-bond donors (Lipinski definition) is 2. The minimum Gasteiger partial charge on any atom is -0.508 e. The minimum absolute atomic E-state index is 0.0425. The number of amides is 2. The second kappa shape index (κ2) is 7.59. The Morgan fingerprint density at radius 2 is 2.04 bits per heavy atom. The summed E-state index contributed by atoms with van der Waals surface area (Å²) in [4.78, 5) is 25.3. The number of rotatable bonds is 4. The first-order valence-corrected chi connectivity index (χ1v) is 8.73. The molecule has 0 aliphatic carbocycles. The average molecular weight is 386 g/mol. The summed E-state index contributed by atoms with van der Waals surface area (Å²) in [6.07, 6.45) is 1.67. The Bertz CT molecular complexity index is 927. The molecule has 1 fully saturated rings. The number of hydrazine groups is 1. The van der Waals surface area contributed by atoms with Gasteiger partial charge in [0.1, 0.15) is 11.5 Å². The number of thioether (sulfide) groups is 1. The van der Waals surface area contributed by atoms with E-state index in [9.17, 15) is 14.7 Å². The van der Waals surface area contributed by atoms with Crippen LogP contribution in [0.5, 0.6) is 11.5 Å². The monoisotopic (exact) mass is 386 g/mol. The topological polar surface area (TPSA) is 78.9 Å². The second-order valence-electron chi connectivity index (χ2n) is 5.25. The van der Waals surface area contributed by atoms with Gasteiger partial charge in [0.25, 0.3) is 11.8 Å². The van der Waals surface area contributed by atoms with Gasteiger partial charge in [-0.15, -0.1) is 0 Å². The Labute approximate surface area is 159 Å². The van der Waals surface area contributed by atoms with Crippen LogP contribution < -0.4 is 10.2 Å². The average Bonchev–Trinajstić information content (AvgIpc) is 2.89. The van der Waals surface area contributed by atoms with E-state index < -0.39 is 11.8 Å². The van der Waals surface area contributed by atoms with Gasteiger partial charge in [-0.25, -0.2) is 0 Å². The number of benzene rings is 2. The summed E-state index contributed by atoms with van der Waals surface area (Å²) < 4.78 is 5.49. The molecule has 1 saturated heterocycles. The molecule has 0 spiro atoms. The molecule has 0 unspecified atom stereocenters. The van der Waals surface area contributed by atoms with Crippen molar-refractivity contribution in [2.45, 2.75) is 0 Å². The van der Waals surface area contributed by atoms with Gasteiger partial charge in [-0.1, -0.05) is 36.0 Å². The van der Waals surface area contributed by atoms with Crippen molar-refractivity contribution < 1.29 is 19.4 Å². The van der Waals surface area contributed by atoms with E-state index in [-0.39, 0.29) is 15.6 Å². The molecule has 6 nitrogen and oxygen atoms in total. The molecule has 132 valence electrons. The lowest BCUT2D eigenvalue weighted by molar-refractivity contribution is -0.123. The van der Waals surface area contributed by atoms with Gasteiger partial charge in [0.2, 0.25) is 0 Å². The van der Waals surface area contributed by atoms with Crippen LogP contribution in [0.1, 0.15) is 15.9 Å². The Morgan fingerprint density at radius 1 is 1.27 bits per heavy atom. The third-order valence-corrected chi connectivity index (χ3v) is 4.84. The standard InChI is InChI=1S/C18H14N2O4S2/c1-24-14-8-3-2-5-11(14)10-15-17(23)20(18(25)26-15)19-16(22)12-6-4-7-13(21)9-12/h2-10,21H,1H3,(H,19,22)/b15-10+. The van der Waals surface area contributed by atoms with Crippen LogP contribution in [0.3, 0.4) is 0 Å². The molecular formula is C18H14N2O4S2. The number of phenols is 1. The summed E-state index contributed by atoms with van der Waals surface area (Å²) >= 11 is 6.28. The molecular weight excluding hydrogens is 372 g/mol. The lowest BCUT2D eigenvalue weighted by Crippen LogP contribution is -2.44. The van der Waals surface area contributed by atoms with Gasteiger partial charge >= 0.3 is 0 Å². The summed E-state index contributed by atoms with van der Waals surface area (Å²) in [6.45, 7) is 0. The molecule has 2 aromatic carbocycles. The van der Waals surface area contributed by atoms with E-state index in [0.717, 1.165) is 22.3 Å². The van der Waals surface area contributed by atoms with Crippen molar-refractivity contribution in [3.05, 3.63) is 64.6 Å². The summed E-state index contributed by atoms with van der Waals surface area (Å²) in [5, 5.41) is 10.5. The maximum atomic E-state index is 12.6. The molecule has 0 bridgehead atoms. The Hall–Kier alpha value is -2.84. The Balaban J connectivity index is 1.81. The number of hydrogen-bond acceptors (Lipinski definition) is 6. The second-order valence-corrected chi connectivity index (χ2v) is 6.93. The molecule has 8 heteroatoms. The van der Waals surface area contributed by atoms with Gasteiger partial charge in [-0.3, -0.25) is 15.0 Å². The fraction of sp³-hybridized carbons (Fsp3) is 0.0556. The summed E-state index contributed by atoms with van der Waals surface area (Å²) in [7, 11) is 1.55. The molecule has 1 aliphatic heterocycles. The van der Waals surface area contributed by atoms with E-state index in [4.69, 9.17) is 17.0 Å². The van der Waals surface area contributed by atoms with Crippen LogP contribution in [0.25, 0.3) is 6.08 Å². The van der Waals surface area contributed by atoms with Crippen molar-refractivity contribution in [2.24, 2.45) is 0 Å². The van der Waals surface area contributed by atoms with Gasteiger partial charge in [0.15, 0.2) is 4.32 Å². The SMILES string of the molecule is COc1ccccc1/C=C1/SC(=S)N(NC(=O)c2cccc(O)c2)C1=O. The number of ether oxygens (including phenoxy) is 1. The highest BCUT2D eigenvalue weighted by atomic mass is 32.2. The van der Waals surface area contributed by atoms with E-state index in [1.165, 1.54) is 24.3 Å². The lowest BCUT2D eigenvalue weighted by Gasteiger charge is -2.15. The van der Waals surface area contributed by atoms with Gasteiger partial charge in [-0.05, 0) is 42.6 Å². The molecule has 2 aromatic rings. The van der Waals surface area contributed by atoms with Crippen molar-refractivity contribution in [3.8, 4) is 11.5 Å². The van der Waals surface area contributed by atoms with Gasteiger partial charge in [0.05, 0.1) is 12.0 Å². The normalized spacial score (nSPS) is 15.4. The maximum absolute atomic E-state index is 12.6. The van der Waals surface area contributed by atoms with Crippen LogP contribution >= 0.6 is 24.0 Å². The zero-order valence-electron chi connectivity index (χ0n) is 13.6. The molecule has 1 heterocycles. The van der Waals surface area contributed by atoms with Crippen molar-refractivity contribution in [2.75, 3.05) is 7.11 Å². The molecule has 0 saturated carbocycles.